The SMILES string of the molecule is NS(=O)(=O)c1ccc(-n2nc(C(=O)Nc3cccc(F)c3)cc2-c2ccc(Cl)cc2)cc1. The minimum absolute atomic E-state index is 0.0504. The van der Waals surface area contributed by atoms with E-state index in [0.717, 1.165) is 5.56 Å². The Bertz CT molecular complexity index is 1400. The summed E-state index contributed by atoms with van der Waals surface area (Å²) in [6, 6.07) is 19.8. The molecule has 0 bridgehead atoms. The molecule has 0 unspecified atom stereocenters. The van der Waals surface area contributed by atoms with E-state index in [2.05, 4.69) is 10.4 Å². The van der Waals surface area contributed by atoms with Crippen LogP contribution in [0, 0.1) is 5.82 Å². The van der Waals surface area contributed by atoms with Crippen molar-refractivity contribution >= 4 is 33.2 Å². The summed E-state index contributed by atoms with van der Waals surface area (Å²) in [6.45, 7) is 0. The molecular formula is C22H16ClFN4O3S. The van der Waals surface area contributed by atoms with Gasteiger partial charge in [-0.1, -0.05) is 29.8 Å². The van der Waals surface area contributed by atoms with Crippen LogP contribution in [0.25, 0.3) is 16.9 Å². The van der Waals surface area contributed by atoms with Crippen molar-refractivity contribution in [1.82, 2.24) is 9.78 Å². The Balaban J connectivity index is 1.76. The lowest BCUT2D eigenvalue weighted by atomic mass is 10.1. The number of nitrogens with two attached hydrogens (primary N) is 1. The molecule has 32 heavy (non-hydrogen) atoms. The third kappa shape index (κ3) is 4.70. The van der Waals surface area contributed by atoms with Crippen LogP contribution >= 0.6 is 11.6 Å². The normalized spacial score (nSPS) is 11.3. The molecule has 7 nitrogen and oxygen atoms in total. The van der Waals surface area contributed by atoms with Gasteiger partial charge in [-0.15, -0.1) is 0 Å². The molecule has 0 spiro atoms. The number of sulfonamides is 1. The summed E-state index contributed by atoms with van der Waals surface area (Å²) >= 11 is 5.99. The van der Waals surface area contributed by atoms with E-state index in [9.17, 15) is 17.6 Å². The van der Waals surface area contributed by atoms with Crippen LogP contribution in [-0.4, -0.2) is 24.1 Å². The fourth-order valence-electron chi connectivity index (χ4n) is 3.05. The zero-order valence-corrected chi connectivity index (χ0v) is 17.9. The molecule has 10 heteroatoms. The first kappa shape index (κ1) is 21.7. The molecule has 162 valence electrons. The van der Waals surface area contributed by atoms with Crippen LogP contribution < -0.4 is 10.5 Å². The summed E-state index contributed by atoms with van der Waals surface area (Å²) in [4.78, 5) is 12.7. The number of halogens is 2. The van der Waals surface area contributed by atoms with Crippen molar-refractivity contribution in [3.63, 3.8) is 0 Å². The minimum Gasteiger partial charge on any atom is -0.320 e. The van der Waals surface area contributed by atoms with Gasteiger partial charge < -0.3 is 5.32 Å². The van der Waals surface area contributed by atoms with Crippen molar-refractivity contribution in [2.45, 2.75) is 4.90 Å². The number of hydrogen-bond donors (Lipinski definition) is 2. The van der Waals surface area contributed by atoms with Crippen molar-refractivity contribution < 1.29 is 17.6 Å². The van der Waals surface area contributed by atoms with Gasteiger partial charge in [0.1, 0.15) is 5.82 Å². The molecule has 4 rings (SSSR count). The molecule has 0 radical (unpaired) electrons. The van der Waals surface area contributed by atoms with Gasteiger partial charge in [-0.05, 0) is 60.7 Å². The van der Waals surface area contributed by atoms with Crippen LogP contribution in [0.5, 0.6) is 0 Å². The highest BCUT2D eigenvalue weighted by Gasteiger charge is 2.18. The number of carbonyl (C=O) groups is 1. The maximum Gasteiger partial charge on any atom is 0.276 e. The third-order valence-corrected chi connectivity index (χ3v) is 5.76. The predicted octanol–water partition coefficient (Wildman–Crippen LogP) is 4.23. The first-order chi connectivity index (χ1) is 15.2. The lowest BCUT2D eigenvalue weighted by molar-refractivity contribution is 0.102. The number of amides is 1. The summed E-state index contributed by atoms with van der Waals surface area (Å²) in [6.07, 6.45) is 0. The van der Waals surface area contributed by atoms with Gasteiger partial charge in [0.2, 0.25) is 10.0 Å². The van der Waals surface area contributed by atoms with Crippen LogP contribution in [-0.2, 0) is 10.0 Å². The average molecular weight is 471 g/mol. The van der Waals surface area contributed by atoms with Crippen molar-refractivity contribution in [2.24, 2.45) is 5.14 Å². The van der Waals surface area contributed by atoms with E-state index in [4.69, 9.17) is 16.7 Å². The lowest BCUT2D eigenvalue weighted by Crippen LogP contribution is -2.13. The zero-order chi connectivity index (χ0) is 22.9. The van der Waals surface area contributed by atoms with Gasteiger partial charge in [0.15, 0.2) is 5.69 Å². The first-order valence-corrected chi connectivity index (χ1v) is 11.2. The second-order valence-electron chi connectivity index (χ2n) is 6.84. The van der Waals surface area contributed by atoms with E-state index >= 15 is 0 Å². The molecule has 0 aliphatic carbocycles. The molecule has 3 aromatic carbocycles. The highest BCUT2D eigenvalue weighted by Crippen LogP contribution is 2.26. The molecule has 1 aromatic heterocycles. The van der Waals surface area contributed by atoms with Crippen LogP contribution in [0.3, 0.4) is 0 Å². The third-order valence-electron chi connectivity index (χ3n) is 4.57. The van der Waals surface area contributed by atoms with Crippen LogP contribution in [0.4, 0.5) is 10.1 Å². The monoisotopic (exact) mass is 470 g/mol. The molecule has 0 saturated carbocycles. The van der Waals surface area contributed by atoms with E-state index in [-0.39, 0.29) is 16.3 Å². The number of aromatic nitrogens is 2. The Morgan fingerprint density at radius 1 is 1.00 bits per heavy atom. The fraction of sp³-hybridized carbons (Fsp3) is 0. The molecule has 0 aliphatic rings. The predicted molar refractivity (Wildman–Crippen MR) is 120 cm³/mol. The Morgan fingerprint density at radius 2 is 1.69 bits per heavy atom. The van der Waals surface area contributed by atoms with E-state index in [1.54, 1.807) is 36.4 Å². The highest BCUT2D eigenvalue weighted by molar-refractivity contribution is 7.89. The van der Waals surface area contributed by atoms with Gasteiger partial charge in [0, 0.05) is 16.3 Å². The molecule has 1 heterocycles. The Labute approximate surface area is 188 Å². The van der Waals surface area contributed by atoms with Crippen molar-refractivity contribution in [3.05, 3.63) is 95.4 Å². The second kappa shape index (κ2) is 8.54. The topological polar surface area (TPSA) is 107 Å². The molecule has 4 aromatic rings. The summed E-state index contributed by atoms with van der Waals surface area (Å²) in [5.41, 5.74) is 2.16. The number of benzene rings is 3. The number of rotatable bonds is 5. The number of nitrogens with zero attached hydrogens (tertiary/aromatic N) is 2. The van der Waals surface area contributed by atoms with Crippen molar-refractivity contribution in [3.8, 4) is 16.9 Å². The smallest absolute Gasteiger partial charge is 0.276 e. The summed E-state index contributed by atoms with van der Waals surface area (Å²) in [5, 5.41) is 12.7. The van der Waals surface area contributed by atoms with E-state index in [0.29, 0.717) is 16.4 Å². The number of carbonyl (C=O) groups excluding carboxylic acids is 1. The van der Waals surface area contributed by atoms with E-state index in [1.807, 2.05) is 0 Å². The summed E-state index contributed by atoms with van der Waals surface area (Å²) in [5.74, 6) is -1.02. The quantitative estimate of drug-likeness (QED) is 0.455. The average Bonchev–Trinajstić information content (AvgIpc) is 3.19. The maximum atomic E-state index is 13.4. The molecule has 0 aliphatic heterocycles. The van der Waals surface area contributed by atoms with Gasteiger partial charge >= 0.3 is 0 Å². The Kier molecular flexibility index (Phi) is 5.79. The van der Waals surface area contributed by atoms with E-state index < -0.39 is 21.7 Å². The molecule has 0 saturated heterocycles. The summed E-state index contributed by atoms with van der Waals surface area (Å²) < 4.78 is 38.1. The standard InChI is InChI=1S/C22H16ClFN4O3S/c23-15-6-4-14(5-7-15)21-13-20(22(29)26-17-3-1-2-16(24)12-17)27-28(21)18-8-10-19(11-9-18)32(25,30)31/h1-13H,(H,26,29)(H2,25,30,31). The van der Waals surface area contributed by atoms with Gasteiger partial charge in [0.25, 0.3) is 5.91 Å². The molecule has 0 fully saturated rings. The zero-order valence-electron chi connectivity index (χ0n) is 16.4. The van der Waals surface area contributed by atoms with E-state index in [1.165, 1.54) is 47.1 Å². The second-order valence-corrected chi connectivity index (χ2v) is 8.83. The van der Waals surface area contributed by atoms with Crippen LogP contribution in [0.1, 0.15) is 10.5 Å². The molecule has 3 N–H and O–H groups in total. The van der Waals surface area contributed by atoms with Crippen LogP contribution in [0.2, 0.25) is 5.02 Å². The first-order valence-electron chi connectivity index (χ1n) is 9.27. The number of nitrogens with one attached hydrogen (secondary N) is 1. The minimum atomic E-state index is -3.85. The van der Waals surface area contributed by atoms with Crippen LogP contribution in [0.15, 0.2) is 83.8 Å². The Morgan fingerprint density at radius 3 is 2.31 bits per heavy atom. The largest absolute Gasteiger partial charge is 0.320 e. The highest BCUT2D eigenvalue weighted by atomic mass is 35.5. The van der Waals surface area contributed by atoms with Gasteiger partial charge in [0.05, 0.1) is 16.3 Å². The van der Waals surface area contributed by atoms with Gasteiger partial charge in [-0.3, -0.25) is 4.79 Å². The van der Waals surface area contributed by atoms with Gasteiger partial charge in [-0.2, -0.15) is 5.10 Å². The van der Waals surface area contributed by atoms with Crippen molar-refractivity contribution in [2.75, 3.05) is 5.32 Å². The number of hydrogen-bond acceptors (Lipinski definition) is 4. The number of anilines is 1. The molecule has 0 atom stereocenters. The lowest BCUT2D eigenvalue weighted by Gasteiger charge is -2.08. The van der Waals surface area contributed by atoms with Crippen molar-refractivity contribution in [1.29, 1.82) is 0 Å². The molecule has 1 amide bonds. The molecular weight excluding hydrogens is 455 g/mol. The summed E-state index contributed by atoms with van der Waals surface area (Å²) in [7, 11) is -3.85. The van der Waals surface area contributed by atoms with Gasteiger partial charge in [-0.25, -0.2) is 22.6 Å². The fourth-order valence-corrected chi connectivity index (χ4v) is 3.69. The maximum absolute atomic E-state index is 13.4. The Hall–Kier alpha value is -3.53. The number of primary sulfonamides is 1.